The molecule has 0 fully saturated rings. The highest BCUT2D eigenvalue weighted by atomic mass is 16.6. The molecule has 1 rings (SSSR count). The van der Waals surface area contributed by atoms with Crippen molar-refractivity contribution in [2.24, 2.45) is 0 Å². The molecule has 20 heavy (non-hydrogen) atoms. The monoisotopic (exact) mass is 283 g/mol. The van der Waals surface area contributed by atoms with Crippen LogP contribution in [0.15, 0.2) is 18.2 Å². The molecule has 0 radical (unpaired) electrons. The van der Waals surface area contributed by atoms with Crippen LogP contribution in [-0.4, -0.2) is 29.9 Å². The summed E-state index contributed by atoms with van der Waals surface area (Å²) < 4.78 is 10.9. The Morgan fingerprint density at radius 3 is 2.70 bits per heavy atom. The van der Waals surface area contributed by atoms with Gasteiger partial charge < -0.3 is 14.6 Å². The van der Waals surface area contributed by atoms with Crippen molar-refractivity contribution >= 4 is 5.69 Å². The molecule has 1 N–H and O–H groups in total. The van der Waals surface area contributed by atoms with Crippen molar-refractivity contribution in [1.82, 2.24) is 0 Å². The first-order valence-electron chi connectivity index (χ1n) is 6.73. The Morgan fingerprint density at radius 1 is 1.35 bits per heavy atom. The molecule has 0 aliphatic carbocycles. The van der Waals surface area contributed by atoms with E-state index in [2.05, 4.69) is 6.92 Å². The second-order valence-electron chi connectivity index (χ2n) is 4.47. The number of unbranched alkanes of at least 4 members (excludes halogenated alkanes) is 1. The number of benzene rings is 1. The van der Waals surface area contributed by atoms with Gasteiger partial charge in [-0.15, -0.1) is 0 Å². The van der Waals surface area contributed by atoms with Crippen LogP contribution >= 0.6 is 0 Å². The van der Waals surface area contributed by atoms with Crippen molar-refractivity contribution in [1.29, 1.82) is 0 Å². The summed E-state index contributed by atoms with van der Waals surface area (Å²) in [6, 6.07) is 4.20. The first-order valence-corrected chi connectivity index (χ1v) is 6.73. The van der Waals surface area contributed by atoms with Crippen molar-refractivity contribution in [3.63, 3.8) is 0 Å². The predicted octanol–water partition coefficient (Wildman–Crippen LogP) is 2.84. The topological polar surface area (TPSA) is 81.8 Å². The van der Waals surface area contributed by atoms with E-state index < -0.39 is 11.0 Å². The van der Waals surface area contributed by atoms with Crippen LogP contribution in [0.2, 0.25) is 0 Å². The summed E-state index contributed by atoms with van der Waals surface area (Å²) in [7, 11) is 0. The molecule has 0 saturated heterocycles. The zero-order valence-electron chi connectivity index (χ0n) is 11.9. The molecular formula is C14H21NO5. The molecular weight excluding hydrogens is 262 g/mol. The molecule has 0 saturated carbocycles. The number of non-ortho nitro benzene ring substituents is 1. The number of rotatable bonds is 9. The fourth-order valence-electron chi connectivity index (χ4n) is 1.67. The van der Waals surface area contributed by atoms with Gasteiger partial charge in [-0.1, -0.05) is 13.3 Å². The average Bonchev–Trinajstić information content (AvgIpc) is 2.42. The van der Waals surface area contributed by atoms with Crippen LogP contribution in [0.4, 0.5) is 5.69 Å². The van der Waals surface area contributed by atoms with Gasteiger partial charge in [0.2, 0.25) is 0 Å². The molecule has 0 heterocycles. The van der Waals surface area contributed by atoms with E-state index in [0.717, 1.165) is 12.8 Å². The van der Waals surface area contributed by atoms with Gasteiger partial charge >= 0.3 is 0 Å². The number of nitro groups is 1. The van der Waals surface area contributed by atoms with Gasteiger partial charge in [0.25, 0.3) is 5.69 Å². The number of ether oxygens (including phenoxy) is 2. The summed E-state index contributed by atoms with van der Waals surface area (Å²) in [6.07, 6.45) is 1.26. The van der Waals surface area contributed by atoms with E-state index in [1.807, 2.05) is 0 Å². The third-order valence-electron chi connectivity index (χ3n) is 2.78. The van der Waals surface area contributed by atoms with E-state index in [9.17, 15) is 15.2 Å². The molecule has 0 aliphatic rings. The Kier molecular flexibility index (Phi) is 6.97. The van der Waals surface area contributed by atoms with Crippen molar-refractivity contribution < 1.29 is 19.5 Å². The summed E-state index contributed by atoms with van der Waals surface area (Å²) in [6.45, 7) is 5.14. The summed E-state index contributed by atoms with van der Waals surface area (Å²) in [5.41, 5.74) is 0.347. The fraction of sp³-hybridized carbons (Fsp3) is 0.571. The molecule has 0 aliphatic heterocycles. The quantitative estimate of drug-likeness (QED) is 0.428. The van der Waals surface area contributed by atoms with Crippen molar-refractivity contribution in [3.05, 3.63) is 33.9 Å². The molecule has 0 amide bonds. The highest BCUT2D eigenvalue weighted by Gasteiger charge is 2.15. The Balaban J connectivity index is 2.58. The molecule has 1 atom stereocenters. The maximum atomic E-state index is 10.7. The lowest BCUT2D eigenvalue weighted by molar-refractivity contribution is -0.385. The second-order valence-corrected chi connectivity index (χ2v) is 4.47. The summed E-state index contributed by atoms with van der Waals surface area (Å²) >= 11 is 0. The van der Waals surface area contributed by atoms with Crippen LogP contribution in [0, 0.1) is 10.1 Å². The highest BCUT2D eigenvalue weighted by molar-refractivity contribution is 5.44. The van der Waals surface area contributed by atoms with Crippen molar-refractivity contribution in [2.45, 2.75) is 32.8 Å². The number of nitro benzene ring substituents is 1. The van der Waals surface area contributed by atoms with E-state index in [1.54, 1.807) is 6.92 Å². The van der Waals surface area contributed by atoms with Crippen LogP contribution in [0.3, 0.4) is 0 Å². The molecule has 6 heteroatoms. The van der Waals surface area contributed by atoms with Crippen LogP contribution in [0.5, 0.6) is 5.75 Å². The summed E-state index contributed by atoms with van der Waals surface area (Å²) in [5, 5.41) is 20.4. The van der Waals surface area contributed by atoms with E-state index >= 15 is 0 Å². The Bertz CT molecular complexity index is 434. The maximum absolute atomic E-state index is 10.7. The van der Waals surface area contributed by atoms with Gasteiger partial charge in [-0.25, -0.2) is 0 Å². The Morgan fingerprint density at radius 2 is 2.10 bits per heavy atom. The molecule has 0 bridgehead atoms. The number of nitrogens with zero attached hydrogens (tertiary/aromatic N) is 1. The number of aliphatic hydroxyl groups excluding tert-OH is 1. The lowest BCUT2D eigenvalue weighted by Crippen LogP contribution is -2.09. The van der Waals surface area contributed by atoms with Gasteiger partial charge in [0.1, 0.15) is 12.4 Å². The summed E-state index contributed by atoms with van der Waals surface area (Å²) in [5.74, 6) is 0.449. The van der Waals surface area contributed by atoms with Crippen LogP contribution in [0.1, 0.15) is 38.4 Å². The van der Waals surface area contributed by atoms with E-state index in [1.165, 1.54) is 18.2 Å². The van der Waals surface area contributed by atoms with Gasteiger partial charge in [0.15, 0.2) is 0 Å². The average molecular weight is 283 g/mol. The zero-order valence-corrected chi connectivity index (χ0v) is 11.9. The van der Waals surface area contributed by atoms with Gasteiger partial charge in [0, 0.05) is 24.3 Å². The van der Waals surface area contributed by atoms with Gasteiger partial charge in [-0.3, -0.25) is 10.1 Å². The summed E-state index contributed by atoms with van der Waals surface area (Å²) in [4.78, 5) is 10.2. The lowest BCUT2D eigenvalue weighted by Gasteiger charge is -2.13. The van der Waals surface area contributed by atoms with Gasteiger partial charge in [0.05, 0.1) is 17.6 Å². The third-order valence-corrected chi connectivity index (χ3v) is 2.78. The lowest BCUT2D eigenvalue weighted by atomic mass is 10.1. The van der Waals surface area contributed by atoms with E-state index in [-0.39, 0.29) is 5.69 Å². The molecule has 0 aromatic heterocycles. The zero-order chi connectivity index (χ0) is 15.0. The highest BCUT2D eigenvalue weighted by Crippen LogP contribution is 2.29. The smallest absolute Gasteiger partial charge is 0.270 e. The standard InChI is InChI=1S/C14H21NO5/c1-3-4-7-19-8-9-20-14-6-5-12(15(17)18)10-13(14)11(2)16/h5-6,10-11,16H,3-4,7-9H2,1-2H3/t11-/m0/s1. The van der Waals surface area contributed by atoms with Crippen molar-refractivity contribution in [3.8, 4) is 5.75 Å². The van der Waals surface area contributed by atoms with E-state index in [0.29, 0.717) is 31.1 Å². The fourth-order valence-corrected chi connectivity index (χ4v) is 1.67. The second kappa shape index (κ2) is 8.50. The molecule has 6 nitrogen and oxygen atoms in total. The number of hydrogen-bond acceptors (Lipinski definition) is 5. The van der Waals surface area contributed by atoms with Crippen molar-refractivity contribution in [2.75, 3.05) is 19.8 Å². The molecule has 1 aromatic carbocycles. The van der Waals surface area contributed by atoms with Crippen LogP contribution < -0.4 is 4.74 Å². The van der Waals surface area contributed by atoms with Crippen LogP contribution in [0.25, 0.3) is 0 Å². The SMILES string of the molecule is CCCCOCCOc1ccc([N+](=O)[O-])cc1[C@H](C)O. The minimum absolute atomic E-state index is 0.0626. The first kappa shape index (κ1) is 16.4. The number of hydrogen-bond donors (Lipinski definition) is 1. The Labute approximate surface area is 118 Å². The first-order chi connectivity index (χ1) is 9.56. The molecule has 1 aromatic rings. The van der Waals surface area contributed by atoms with Gasteiger partial charge in [-0.2, -0.15) is 0 Å². The maximum Gasteiger partial charge on any atom is 0.270 e. The predicted molar refractivity (Wildman–Crippen MR) is 75.0 cm³/mol. The van der Waals surface area contributed by atoms with Gasteiger partial charge in [-0.05, 0) is 19.4 Å². The number of aliphatic hydroxyl groups is 1. The molecule has 0 unspecified atom stereocenters. The van der Waals surface area contributed by atoms with E-state index in [4.69, 9.17) is 9.47 Å². The largest absolute Gasteiger partial charge is 0.491 e. The third kappa shape index (κ3) is 5.14. The molecule has 0 spiro atoms. The normalized spacial score (nSPS) is 12.2. The Hall–Kier alpha value is -1.66. The molecule has 112 valence electrons. The minimum Gasteiger partial charge on any atom is -0.491 e. The minimum atomic E-state index is -0.828. The van der Waals surface area contributed by atoms with Crippen LogP contribution in [-0.2, 0) is 4.74 Å².